The lowest BCUT2D eigenvalue weighted by molar-refractivity contribution is -0.116. The minimum absolute atomic E-state index is 0.0908. The van der Waals surface area contributed by atoms with Gasteiger partial charge in [-0.1, -0.05) is 22.9 Å². The minimum Gasteiger partial charge on any atom is -0.368 e. The van der Waals surface area contributed by atoms with E-state index in [1.165, 1.54) is 11.3 Å². The van der Waals surface area contributed by atoms with Crippen molar-refractivity contribution in [2.24, 2.45) is 5.73 Å². The van der Waals surface area contributed by atoms with Gasteiger partial charge in [0.15, 0.2) is 5.13 Å². The predicted molar refractivity (Wildman–Crippen MR) is 62.3 cm³/mol. The fraction of sp³-hybridized carbons (Fsp3) is 0.111. The Morgan fingerprint density at radius 3 is 3.13 bits per heavy atom. The normalized spacial score (nSPS) is 10.5. The fourth-order valence-electron chi connectivity index (χ4n) is 1.14. The average molecular weight is 242 g/mol. The van der Waals surface area contributed by atoms with E-state index in [1.54, 1.807) is 6.07 Å². The van der Waals surface area contributed by atoms with Crippen molar-refractivity contribution in [3.05, 3.63) is 23.2 Å². The van der Waals surface area contributed by atoms with E-state index in [-0.39, 0.29) is 6.54 Å². The van der Waals surface area contributed by atoms with Gasteiger partial charge in [-0.25, -0.2) is 4.98 Å². The Morgan fingerprint density at radius 2 is 2.40 bits per heavy atom. The van der Waals surface area contributed by atoms with Crippen molar-refractivity contribution >= 4 is 44.2 Å². The average Bonchev–Trinajstić information content (AvgIpc) is 2.56. The van der Waals surface area contributed by atoms with E-state index in [1.807, 2.05) is 12.1 Å². The summed E-state index contributed by atoms with van der Waals surface area (Å²) in [6.45, 7) is 0.0908. The number of thiazole rings is 1. The highest BCUT2D eigenvalue weighted by Gasteiger charge is 2.04. The van der Waals surface area contributed by atoms with E-state index in [0.29, 0.717) is 10.2 Å². The van der Waals surface area contributed by atoms with Crippen molar-refractivity contribution in [1.82, 2.24) is 4.98 Å². The van der Waals surface area contributed by atoms with E-state index >= 15 is 0 Å². The van der Waals surface area contributed by atoms with E-state index < -0.39 is 5.91 Å². The summed E-state index contributed by atoms with van der Waals surface area (Å²) < 4.78 is 0.981. The van der Waals surface area contributed by atoms with Crippen LogP contribution in [0.15, 0.2) is 18.2 Å². The lowest BCUT2D eigenvalue weighted by atomic mass is 10.3. The van der Waals surface area contributed by atoms with E-state index in [2.05, 4.69) is 10.3 Å². The number of nitrogens with one attached hydrogen (secondary N) is 1. The Bertz CT molecular complexity index is 511. The number of amides is 1. The zero-order chi connectivity index (χ0) is 10.8. The summed E-state index contributed by atoms with van der Waals surface area (Å²) in [4.78, 5) is 14.8. The lowest BCUT2D eigenvalue weighted by Gasteiger charge is -1.95. The molecule has 2 aromatic rings. The minimum atomic E-state index is -0.410. The number of aromatic nitrogens is 1. The zero-order valence-electron chi connectivity index (χ0n) is 7.66. The molecule has 0 spiro atoms. The number of benzene rings is 1. The number of halogens is 1. The Hall–Kier alpha value is -1.33. The standard InChI is InChI=1S/C9H8ClN3OS/c10-5-1-2-6-7(3-5)15-9(13-6)12-4-8(11)14/h1-3H,4H2,(H2,11,14)(H,12,13). The van der Waals surface area contributed by atoms with Crippen molar-refractivity contribution in [2.75, 3.05) is 11.9 Å². The third-order valence-electron chi connectivity index (χ3n) is 1.76. The van der Waals surface area contributed by atoms with Crippen LogP contribution in [0.2, 0.25) is 5.02 Å². The van der Waals surface area contributed by atoms with E-state index in [9.17, 15) is 4.79 Å². The summed E-state index contributed by atoms with van der Waals surface area (Å²) in [6, 6.07) is 5.45. The molecule has 1 aromatic heterocycles. The van der Waals surface area contributed by atoms with Gasteiger partial charge in [0.2, 0.25) is 5.91 Å². The van der Waals surface area contributed by atoms with Crippen LogP contribution in [-0.4, -0.2) is 17.4 Å². The van der Waals surface area contributed by atoms with Crippen molar-refractivity contribution < 1.29 is 4.79 Å². The predicted octanol–water partition coefficient (Wildman–Crippen LogP) is 1.85. The monoisotopic (exact) mass is 241 g/mol. The molecule has 0 aliphatic heterocycles. The lowest BCUT2D eigenvalue weighted by Crippen LogP contribution is -2.21. The van der Waals surface area contributed by atoms with Crippen LogP contribution in [0, 0.1) is 0 Å². The van der Waals surface area contributed by atoms with Crippen LogP contribution in [0.5, 0.6) is 0 Å². The highest BCUT2D eigenvalue weighted by atomic mass is 35.5. The van der Waals surface area contributed by atoms with Gasteiger partial charge in [-0.3, -0.25) is 4.79 Å². The van der Waals surface area contributed by atoms with Gasteiger partial charge in [0.05, 0.1) is 16.8 Å². The van der Waals surface area contributed by atoms with Crippen LogP contribution in [0.1, 0.15) is 0 Å². The molecule has 78 valence electrons. The first-order valence-corrected chi connectivity index (χ1v) is 5.43. The summed E-state index contributed by atoms with van der Waals surface area (Å²) in [5.74, 6) is -0.410. The van der Waals surface area contributed by atoms with Gasteiger partial charge >= 0.3 is 0 Å². The zero-order valence-corrected chi connectivity index (χ0v) is 9.23. The summed E-state index contributed by atoms with van der Waals surface area (Å²) in [5.41, 5.74) is 5.87. The molecular formula is C9H8ClN3OS. The van der Waals surface area contributed by atoms with Crippen LogP contribution < -0.4 is 11.1 Å². The van der Waals surface area contributed by atoms with Crippen molar-refractivity contribution in [3.63, 3.8) is 0 Å². The second-order valence-electron chi connectivity index (χ2n) is 2.95. The number of hydrogen-bond acceptors (Lipinski definition) is 4. The first-order chi connectivity index (χ1) is 7.15. The molecule has 0 saturated carbocycles. The molecular weight excluding hydrogens is 234 g/mol. The largest absolute Gasteiger partial charge is 0.368 e. The number of hydrogen-bond donors (Lipinski definition) is 2. The summed E-state index contributed by atoms with van der Waals surface area (Å²) >= 11 is 7.28. The molecule has 2 rings (SSSR count). The maximum Gasteiger partial charge on any atom is 0.236 e. The molecule has 0 bridgehead atoms. The first-order valence-electron chi connectivity index (χ1n) is 4.23. The van der Waals surface area contributed by atoms with Gasteiger partial charge in [-0.2, -0.15) is 0 Å². The fourth-order valence-corrected chi connectivity index (χ4v) is 2.27. The first kappa shape index (κ1) is 10.2. The molecule has 1 heterocycles. The maximum absolute atomic E-state index is 10.6. The van der Waals surface area contributed by atoms with Gasteiger partial charge in [-0.05, 0) is 18.2 Å². The third-order valence-corrected chi connectivity index (χ3v) is 2.98. The summed E-state index contributed by atoms with van der Waals surface area (Å²) in [7, 11) is 0. The number of nitrogens with two attached hydrogens (primary N) is 1. The van der Waals surface area contributed by atoms with Gasteiger partial charge in [0.1, 0.15) is 0 Å². The number of carbonyl (C=O) groups excluding carboxylic acids is 1. The van der Waals surface area contributed by atoms with Gasteiger partial charge in [0.25, 0.3) is 0 Å². The summed E-state index contributed by atoms with van der Waals surface area (Å²) in [5, 5.41) is 4.19. The van der Waals surface area contributed by atoms with Crippen molar-refractivity contribution in [3.8, 4) is 0 Å². The SMILES string of the molecule is NC(=O)CNc1nc2ccc(Cl)cc2s1. The van der Waals surface area contributed by atoms with Crippen LogP contribution in [0.25, 0.3) is 10.2 Å². The molecule has 15 heavy (non-hydrogen) atoms. The molecule has 0 aliphatic rings. The molecule has 1 aromatic carbocycles. The number of carbonyl (C=O) groups is 1. The molecule has 0 aliphatic carbocycles. The van der Waals surface area contributed by atoms with Crippen LogP contribution in [0.3, 0.4) is 0 Å². The quantitative estimate of drug-likeness (QED) is 0.862. The molecule has 4 nitrogen and oxygen atoms in total. The highest BCUT2D eigenvalue weighted by Crippen LogP contribution is 2.27. The Labute approximate surface area is 95.1 Å². The van der Waals surface area contributed by atoms with Crippen LogP contribution in [-0.2, 0) is 4.79 Å². The number of rotatable bonds is 3. The molecule has 0 unspecified atom stereocenters. The van der Waals surface area contributed by atoms with Crippen LogP contribution in [0.4, 0.5) is 5.13 Å². The maximum atomic E-state index is 10.6. The second-order valence-corrected chi connectivity index (χ2v) is 4.42. The smallest absolute Gasteiger partial charge is 0.236 e. The topological polar surface area (TPSA) is 68.0 Å². The van der Waals surface area contributed by atoms with Crippen molar-refractivity contribution in [1.29, 1.82) is 0 Å². The summed E-state index contributed by atoms with van der Waals surface area (Å²) in [6.07, 6.45) is 0. The Kier molecular flexibility index (Phi) is 2.75. The molecule has 6 heteroatoms. The molecule has 0 saturated heterocycles. The number of fused-ring (bicyclic) bond motifs is 1. The molecule has 1 amide bonds. The van der Waals surface area contributed by atoms with Gasteiger partial charge in [-0.15, -0.1) is 0 Å². The second kappa shape index (κ2) is 4.04. The Balaban J connectivity index is 2.27. The van der Waals surface area contributed by atoms with Gasteiger partial charge < -0.3 is 11.1 Å². The highest BCUT2D eigenvalue weighted by molar-refractivity contribution is 7.22. The molecule has 0 radical (unpaired) electrons. The Morgan fingerprint density at radius 1 is 1.60 bits per heavy atom. The molecule has 0 atom stereocenters. The van der Waals surface area contributed by atoms with Crippen molar-refractivity contribution in [2.45, 2.75) is 0 Å². The van der Waals surface area contributed by atoms with Crippen LogP contribution >= 0.6 is 22.9 Å². The number of primary amides is 1. The van der Waals surface area contributed by atoms with Gasteiger partial charge in [0, 0.05) is 5.02 Å². The molecule has 3 N–H and O–H groups in total. The van der Waals surface area contributed by atoms with E-state index in [4.69, 9.17) is 17.3 Å². The number of anilines is 1. The third kappa shape index (κ3) is 2.37. The molecule has 0 fully saturated rings. The number of nitrogens with zero attached hydrogens (tertiary/aromatic N) is 1. The van der Waals surface area contributed by atoms with E-state index in [0.717, 1.165) is 10.2 Å².